The highest BCUT2D eigenvalue weighted by atomic mass is 32.1. The van der Waals surface area contributed by atoms with Crippen molar-refractivity contribution in [3.8, 4) is 0 Å². The van der Waals surface area contributed by atoms with Crippen molar-refractivity contribution in [2.45, 2.75) is 19.4 Å². The van der Waals surface area contributed by atoms with E-state index < -0.39 is 5.97 Å². The lowest BCUT2D eigenvalue weighted by atomic mass is 10.2. The first-order chi connectivity index (χ1) is 8.24. The van der Waals surface area contributed by atoms with Crippen LogP contribution in [-0.2, 0) is 17.8 Å². The summed E-state index contributed by atoms with van der Waals surface area (Å²) in [6, 6.07) is 0. The van der Waals surface area contributed by atoms with Gasteiger partial charge in [-0.05, 0) is 0 Å². The maximum atomic E-state index is 10.4. The van der Waals surface area contributed by atoms with Crippen molar-refractivity contribution in [1.82, 2.24) is 20.2 Å². The van der Waals surface area contributed by atoms with Crippen LogP contribution in [0.5, 0.6) is 0 Å². The highest BCUT2D eigenvalue weighted by molar-refractivity contribution is 7.13. The third-order valence-electron chi connectivity index (χ3n) is 2.02. The second-order valence-electron chi connectivity index (χ2n) is 3.32. The molecule has 0 saturated heterocycles. The van der Waals surface area contributed by atoms with Crippen LogP contribution >= 0.6 is 11.3 Å². The number of H-pyrrole nitrogens is 1. The maximum Gasteiger partial charge on any atom is 0.303 e. The smallest absolute Gasteiger partial charge is 0.303 e. The molecule has 2 rings (SSSR count). The number of carbonyl (C=O) groups is 1. The fourth-order valence-corrected chi connectivity index (χ4v) is 1.96. The van der Waals surface area contributed by atoms with Crippen LogP contribution in [0.2, 0.25) is 0 Å². The molecule has 0 aliphatic heterocycles. The third kappa shape index (κ3) is 3.52. The van der Waals surface area contributed by atoms with E-state index in [9.17, 15) is 4.79 Å². The highest BCUT2D eigenvalue weighted by Gasteiger charge is 2.04. The average molecular weight is 253 g/mol. The predicted octanol–water partition coefficient (Wildman–Crippen LogP) is 0.890. The van der Waals surface area contributed by atoms with Gasteiger partial charge in [0, 0.05) is 11.8 Å². The van der Waals surface area contributed by atoms with Gasteiger partial charge in [-0.1, -0.05) is 0 Å². The molecule has 3 N–H and O–H groups in total. The van der Waals surface area contributed by atoms with Gasteiger partial charge in [-0.15, -0.1) is 11.3 Å². The Labute approximate surface area is 101 Å². The lowest BCUT2D eigenvalue weighted by molar-refractivity contribution is -0.136. The second kappa shape index (κ2) is 5.39. The number of rotatable bonds is 6. The molecule has 0 saturated carbocycles. The molecular formula is C9H11N5O2S. The summed E-state index contributed by atoms with van der Waals surface area (Å²) in [5.41, 5.74) is 0.789. The van der Waals surface area contributed by atoms with Gasteiger partial charge in [-0.2, -0.15) is 5.10 Å². The van der Waals surface area contributed by atoms with Crippen molar-refractivity contribution in [2.75, 3.05) is 5.32 Å². The van der Waals surface area contributed by atoms with Gasteiger partial charge in [-0.3, -0.25) is 9.89 Å². The molecule has 0 spiro atoms. The zero-order chi connectivity index (χ0) is 12.1. The maximum absolute atomic E-state index is 10.4. The number of carboxylic acid groups (broad SMARTS) is 1. The Morgan fingerprint density at radius 2 is 2.47 bits per heavy atom. The number of hydrogen-bond acceptors (Lipinski definition) is 6. The van der Waals surface area contributed by atoms with Crippen molar-refractivity contribution in [3.05, 3.63) is 23.2 Å². The summed E-state index contributed by atoms with van der Waals surface area (Å²) in [6.07, 6.45) is 2.00. The van der Waals surface area contributed by atoms with Crippen LogP contribution in [0.3, 0.4) is 0 Å². The van der Waals surface area contributed by atoms with Gasteiger partial charge in [0.1, 0.15) is 12.2 Å². The Hall–Kier alpha value is -1.96. The monoisotopic (exact) mass is 253 g/mol. The molecule has 0 aliphatic carbocycles. The number of hydrogen-bond donors (Lipinski definition) is 3. The zero-order valence-electron chi connectivity index (χ0n) is 8.88. The Morgan fingerprint density at radius 1 is 1.59 bits per heavy atom. The molecule has 8 heteroatoms. The fraction of sp³-hybridized carbons (Fsp3) is 0.333. The standard InChI is InChI=1S/C9H11N5O2S/c15-8(16)2-1-6-4-17-9(13-6)10-3-7-11-5-12-14-7/h4-5H,1-3H2,(H,10,13)(H,15,16)(H,11,12,14). The normalized spacial score (nSPS) is 10.4. The van der Waals surface area contributed by atoms with E-state index in [0.29, 0.717) is 13.0 Å². The second-order valence-corrected chi connectivity index (χ2v) is 4.18. The van der Waals surface area contributed by atoms with Crippen LogP contribution in [0.1, 0.15) is 17.9 Å². The summed E-state index contributed by atoms with van der Waals surface area (Å²) in [7, 11) is 0. The Morgan fingerprint density at radius 3 is 3.18 bits per heavy atom. The molecule has 0 atom stereocenters. The molecule has 0 unspecified atom stereocenters. The van der Waals surface area contributed by atoms with E-state index in [1.54, 1.807) is 0 Å². The molecule has 0 amide bonds. The van der Waals surface area contributed by atoms with Gasteiger partial charge in [0.15, 0.2) is 5.13 Å². The summed E-state index contributed by atoms with van der Waals surface area (Å²) >= 11 is 1.45. The van der Waals surface area contributed by atoms with Gasteiger partial charge in [0.2, 0.25) is 0 Å². The minimum absolute atomic E-state index is 0.102. The summed E-state index contributed by atoms with van der Waals surface area (Å²) in [5, 5.41) is 20.7. The van der Waals surface area contributed by atoms with Crippen LogP contribution in [-0.4, -0.2) is 31.2 Å². The van der Waals surface area contributed by atoms with E-state index in [1.807, 2.05) is 5.38 Å². The number of aliphatic carboxylic acids is 1. The molecule has 90 valence electrons. The summed E-state index contributed by atoms with van der Waals surface area (Å²) < 4.78 is 0. The van der Waals surface area contributed by atoms with Gasteiger partial charge in [0.05, 0.1) is 18.7 Å². The quantitative estimate of drug-likeness (QED) is 0.706. The molecule has 0 bridgehead atoms. The van der Waals surface area contributed by atoms with Crippen molar-refractivity contribution >= 4 is 22.4 Å². The van der Waals surface area contributed by atoms with E-state index in [1.165, 1.54) is 17.7 Å². The SMILES string of the molecule is O=C(O)CCc1csc(NCc2ncn[nH]2)n1. The molecule has 2 aromatic heterocycles. The number of nitrogens with zero attached hydrogens (tertiary/aromatic N) is 3. The van der Waals surface area contributed by atoms with Gasteiger partial charge in [-0.25, -0.2) is 9.97 Å². The highest BCUT2D eigenvalue weighted by Crippen LogP contribution is 2.16. The van der Waals surface area contributed by atoms with Crippen molar-refractivity contribution < 1.29 is 9.90 Å². The molecule has 0 fully saturated rings. The van der Waals surface area contributed by atoms with Crippen LogP contribution in [0.4, 0.5) is 5.13 Å². The molecule has 2 aromatic rings. The van der Waals surface area contributed by atoms with Gasteiger partial charge < -0.3 is 10.4 Å². The van der Waals surface area contributed by atoms with Crippen molar-refractivity contribution in [1.29, 1.82) is 0 Å². The number of carboxylic acids is 1. The van der Waals surface area contributed by atoms with Crippen LogP contribution < -0.4 is 5.32 Å². The van der Waals surface area contributed by atoms with Crippen LogP contribution in [0.25, 0.3) is 0 Å². The minimum Gasteiger partial charge on any atom is -0.481 e. The molecule has 17 heavy (non-hydrogen) atoms. The number of aryl methyl sites for hydroxylation is 1. The number of aromatic nitrogens is 4. The summed E-state index contributed by atoms with van der Waals surface area (Å²) in [5.74, 6) is -0.0820. The molecule has 7 nitrogen and oxygen atoms in total. The largest absolute Gasteiger partial charge is 0.481 e. The first-order valence-electron chi connectivity index (χ1n) is 4.98. The Kier molecular flexibility index (Phi) is 3.66. The Bertz CT molecular complexity index is 481. The van der Waals surface area contributed by atoms with E-state index in [2.05, 4.69) is 25.5 Å². The molecule has 2 heterocycles. The predicted molar refractivity (Wildman–Crippen MR) is 61.8 cm³/mol. The van der Waals surface area contributed by atoms with Crippen molar-refractivity contribution in [2.24, 2.45) is 0 Å². The van der Waals surface area contributed by atoms with Gasteiger partial charge >= 0.3 is 5.97 Å². The zero-order valence-corrected chi connectivity index (χ0v) is 9.70. The third-order valence-corrected chi connectivity index (χ3v) is 2.87. The molecule has 0 radical (unpaired) electrons. The Balaban J connectivity index is 1.83. The lowest BCUT2D eigenvalue weighted by Crippen LogP contribution is -2.01. The van der Waals surface area contributed by atoms with Crippen molar-refractivity contribution in [3.63, 3.8) is 0 Å². The van der Waals surface area contributed by atoms with E-state index in [-0.39, 0.29) is 6.42 Å². The topological polar surface area (TPSA) is 104 Å². The van der Waals surface area contributed by atoms with E-state index >= 15 is 0 Å². The van der Waals surface area contributed by atoms with E-state index in [4.69, 9.17) is 5.11 Å². The van der Waals surface area contributed by atoms with Crippen LogP contribution in [0.15, 0.2) is 11.7 Å². The first-order valence-corrected chi connectivity index (χ1v) is 5.86. The van der Waals surface area contributed by atoms with E-state index in [0.717, 1.165) is 16.6 Å². The first kappa shape index (κ1) is 11.5. The van der Waals surface area contributed by atoms with Gasteiger partial charge in [0.25, 0.3) is 0 Å². The lowest BCUT2D eigenvalue weighted by Gasteiger charge is -1.97. The molecular weight excluding hydrogens is 242 g/mol. The molecule has 0 aromatic carbocycles. The number of nitrogens with one attached hydrogen (secondary N) is 2. The minimum atomic E-state index is -0.811. The number of anilines is 1. The summed E-state index contributed by atoms with van der Waals surface area (Å²) in [6.45, 7) is 0.520. The average Bonchev–Trinajstić information content (AvgIpc) is 2.95. The summed E-state index contributed by atoms with van der Waals surface area (Å²) in [4.78, 5) is 18.6. The fourth-order valence-electron chi connectivity index (χ4n) is 1.21. The molecule has 0 aliphatic rings. The number of thiazole rings is 1. The van der Waals surface area contributed by atoms with Crippen LogP contribution in [0, 0.1) is 0 Å². The number of aromatic amines is 1.